The van der Waals surface area contributed by atoms with Gasteiger partial charge in [0.05, 0.1) is 0 Å². The van der Waals surface area contributed by atoms with Gasteiger partial charge in [0.1, 0.15) is 5.82 Å². The van der Waals surface area contributed by atoms with E-state index in [9.17, 15) is 0 Å². The summed E-state index contributed by atoms with van der Waals surface area (Å²) in [6.07, 6.45) is 6.06. The van der Waals surface area contributed by atoms with Gasteiger partial charge in [0.2, 0.25) is 0 Å². The molecule has 0 saturated heterocycles. The van der Waals surface area contributed by atoms with E-state index in [-0.39, 0.29) is 0 Å². The van der Waals surface area contributed by atoms with E-state index in [0.29, 0.717) is 0 Å². The number of anilines is 1. The van der Waals surface area contributed by atoms with Crippen molar-refractivity contribution < 1.29 is 0 Å². The highest BCUT2D eigenvalue weighted by Gasteiger charge is 2.11. The number of nitrogens with zero attached hydrogens (tertiary/aromatic N) is 2. The van der Waals surface area contributed by atoms with E-state index in [1.807, 2.05) is 25.4 Å². The minimum Gasteiger partial charge on any atom is -0.370 e. The summed E-state index contributed by atoms with van der Waals surface area (Å²) in [7, 11) is 0. The number of hydrogen-bond donors (Lipinski definition) is 1. The fraction of sp³-hybridized carbons (Fsp3) is 0.286. The summed E-state index contributed by atoms with van der Waals surface area (Å²) >= 11 is 0. The Morgan fingerprint density at radius 3 is 3.12 bits per heavy atom. The van der Waals surface area contributed by atoms with Crippen LogP contribution in [0.3, 0.4) is 0 Å². The van der Waals surface area contributed by atoms with Crippen LogP contribution in [0.15, 0.2) is 30.6 Å². The van der Waals surface area contributed by atoms with E-state index >= 15 is 0 Å². The van der Waals surface area contributed by atoms with Crippen LogP contribution in [0.4, 0.5) is 5.82 Å². The van der Waals surface area contributed by atoms with Crippen molar-refractivity contribution in [2.45, 2.75) is 19.8 Å². The van der Waals surface area contributed by atoms with Crippen LogP contribution in [0.1, 0.15) is 17.7 Å². The van der Waals surface area contributed by atoms with Gasteiger partial charge in [0.15, 0.2) is 0 Å². The highest BCUT2D eigenvalue weighted by molar-refractivity contribution is 5.67. The molecule has 0 atom stereocenters. The molecule has 0 unspecified atom stereocenters. The maximum absolute atomic E-state index is 4.50. The molecule has 1 aliphatic rings. The quantitative estimate of drug-likeness (QED) is 0.811. The Hall–Kier alpha value is -1.90. The summed E-state index contributed by atoms with van der Waals surface area (Å²) in [5.74, 6) is 1.04. The van der Waals surface area contributed by atoms with Crippen molar-refractivity contribution in [3.63, 3.8) is 0 Å². The highest BCUT2D eigenvalue weighted by Crippen LogP contribution is 2.27. The van der Waals surface area contributed by atoms with Crippen LogP contribution in [0.25, 0.3) is 11.1 Å². The lowest BCUT2D eigenvalue weighted by Gasteiger charge is -2.17. The summed E-state index contributed by atoms with van der Waals surface area (Å²) < 4.78 is 0. The van der Waals surface area contributed by atoms with E-state index in [2.05, 4.69) is 27.4 Å². The van der Waals surface area contributed by atoms with Crippen LogP contribution in [0.5, 0.6) is 0 Å². The molecular weight excluding hydrogens is 210 g/mol. The molecule has 0 aliphatic carbocycles. The molecule has 3 nitrogen and oxygen atoms in total. The largest absolute Gasteiger partial charge is 0.370 e. The number of fused-ring (bicyclic) bond motifs is 1. The average molecular weight is 225 g/mol. The molecule has 86 valence electrons. The van der Waals surface area contributed by atoms with Crippen LogP contribution >= 0.6 is 0 Å². The summed E-state index contributed by atoms with van der Waals surface area (Å²) in [5, 5.41) is 3.33. The second-order valence-corrected chi connectivity index (χ2v) is 4.40. The van der Waals surface area contributed by atoms with E-state index in [1.54, 1.807) is 0 Å². The highest BCUT2D eigenvalue weighted by atomic mass is 15.0. The monoisotopic (exact) mass is 225 g/mol. The normalized spacial score (nSPS) is 13.9. The second-order valence-electron chi connectivity index (χ2n) is 4.40. The Morgan fingerprint density at radius 2 is 2.24 bits per heavy atom. The van der Waals surface area contributed by atoms with E-state index in [0.717, 1.165) is 30.0 Å². The van der Waals surface area contributed by atoms with Crippen LogP contribution in [0.2, 0.25) is 0 Å². The van der Waals surface area contributed by atoms with E-state index in [4.69, 9.17) is 0 Å². The van der Waals surface area contributed by atoms with Crippen molar-refractivity contribution in [2.24, 2.45) is 0 Å². The van der Waals surface area contributed by atoms with Crippen molar-refractivity contribution in [1.29, 1.82) is 0 Å². The second kappa shape index (κ2) is 4.17. The van der Waals surface area contributed by atoms with Gasteiger partial charge in [-0.05, 0) is 37.5 Å². The molecule has 0 radical (unpaired) electrons. The molecule has 0 fully saturated rings. The molecule has 0 spiro atoms. The van der Waals surface area contributed by atoms with Gasteiger partial charge in [-0.2, -0.15) is 0 Å². The predicted molar refractivity (Wildman–Crippen MR) is 69.0 cm³/mol. The molecule has 1 aliphatic heterocycles. The SMILES string of the molecule is Cc1ncccc1-c1cnc2c(c1)CCCN2. The minimum atomic E-state index is 1.03. The Balaban J connectivity index is 2.07. The lowest BCUT2D eigenvalue weighted by Crippen LogP contribution is -2.13. The molecular formula is C14H15N3. The molecule has 1 N–H and O–H groups in total. The Kier molecular flexibility index (Phi) is 2.52. The molecule has 0 saturated carbocycles. The van der Waals surface area contributed by atoms with Gasteiger partial charge < -0.3 is 5.32 Å². The number of nitrogens with one attached hydrogen (secondary N) is 1. The van der Waals surface area contributed by atoms with E-state index < -0.39 is 0 Å². The van der Waals surface area contributed by atoms with Gasteiger partial charge in [0, 0.05) is 35.8 Å². The lowest BCUT2D eigenvalue weighted by atomic mass is 10.0. The Morgan fingerprint density at radius 1 is 1.29 bits per heavy atom. The fourth-order valence-corrected chi connectivity index (χ4v) is 2.28. The van der Waals surface area contributed by atoms with Crippen molar-refractivity contribution in [3.05, 3.63) is 41.9 Å². The summed E-state index contributed by atoms with van der Waals surface area (Å²) in [6.45, 7) is 3.07. The summed E-state index contributed by atoms with van der Waals surface area (Å²) in [4.78, 5) is 8.82. The lowest BCUT2D eigenvalue weighted by molar-refractivity contribution is 0.818. The maximum Gasteiger partial charge on any atom is 0.129 e. The zero-order valence-corrected chi connectivity index (χ0v) is 9.90. The molecule has 3 heteroatoms. The third-order valence-corrected chi connectivity index (χ3v) is 3.20. The van der Waals surface area contributed by atoms with Gasteiger partial charge in [-0.1, -0.05) is 6.07 Å². The molecule has 3 heterocycles. The van der Waals surface area contributed by atoms with Gasteiger partial charge in [-0.15, -0.1) is 0 Å². The first-order chi connectivity index (χ1) is 8.34. The number of hydrogen-bond acceptors (Lipinski definition) is 3. The molecule has 3 rings (SSSR count). The van der Waals surface area contributed by atoms with Crippen molar-refractivity contribution in [3.8, 4) is 11.1 Å². The molecule has 0 bridgehead atoms. The van der Waals surface area contributed by atoms with Crippen molar-refractivity contribution >= 4 is 5.82 Å². The van der Waals surface area contributed by atoms with Crippen molar-refractivity contribution in [2.75, 3.05) is 11.9 Å². The number of pyridine rings is 2. The fourth-order valence-electron chi connectivity index (χ4n) is 2.28. The molecule has 17 heavy (non-hydrogen) atoms. The van der Waals surface area contributed by atoms with Gasteiger partial charge in [-0.3, -0.25) is 4.98 Å². The van der Waals surface area contributed by atoms with Crippen LogP contribution in [-0.4, -0.2) is 16.5 Å². The zero-order valence-electron chi connectivity index (χ0n) is 9.90. The molecule has 2 aromatic rings. The summed E-state index contributed by atoms with van der Waals surface area (Å²) in [5.41, 5.74) is 4.71. The zero-order chi connectivity index (χ0) is 11.7. The summed E-state index contributed by atoms with van der Waals surface area (Å²) in [6, 6.07) is 6.31. The molecule has 0 aromatic carbocycles. The number of aryl methyl sites for hydroxylation is 2. The topological polar surface area (TPSA) is 37.8 Å². The minimum absolute atomic E-state index is 1.03. The van der Waals surface area contributed by atoms with E-state index in [1.165, 1.54) is 17.5 Å². The first kappa shape index (κ1) is 10.3. The van der Waals surface area contributed by atoms with Crippen molar-refractivity contribution in [1.82, 2.24) is 9.97 Å². The first-order valence-corrected chi connectivity index (χ1v) is 5.99. The average Bonchev–Trinajstić information content (AvgIpc) is 2.39. The molecule has 2 aromatic heterocycles. The van der Waals surface area contributed by atoms with Crippen LogP contribution in [0, 0.1) is 6.92 Å². The molecule has 0 amide bonds. The third kappa shape index (κ3) is 1.88. The number of rotatable bonds is 1. The smallest absolute Gasteiger partial charge is 0.129 e. The standard InChI is InChI=1S/C14H15N3/c1-10-13(5-3-6-15-10)12-8-11-4-2-7-16-14(11)17-9-12/h3,5-6,8-9H,2,4,7H2,1H3,(H,16,17). The maximum atomic E-state index is 4.50. The first-order valence-electron chi connectivity index (χ1n) is 5.99. The number of aromatic nitrogens is 2. The van der Waals surface area contributed by atoms with Gasteiger partial charge >= 0.3 is 0 Å². The van der Waals surface area contributed by atoms with Crippen LogP contribution in [-0.2, 0) is 6.42 Å². The predicted octanol–water partition coefficient (Wildman–Crippen LogP) is 2.81. The van der Waals surface area contributed by atoms with Gasteiger partial charge in [-0.25, -0.2) is 4.98 Å². The van der Waals surface area contributed by atoms with Gasteiger partial charge in [0.25, 0.3) is 0 Å². The Labute approximate surface area is 101 Å². The van der Waals surface area contributed by atoms with Crippen LogP contribution < -0.4 is 5.32 Å². The third-order valence-electron chi connectivity index (χ3n) is 3.20. The Bertz CT molecular complexity index is 549.